The third kappa shape index (κ3) is 3.94. The largest absolute Gasteiger partial charge is 0.466 e. The van der Waals surface area contributed by atoms with Gasteiger partial charge in [0, 0.05) is 33.4 Å². The fraction of sp³-hybridized carbons (Fsp3) is 0.250. The smallest absolute Gasteiger partial charge is 0.336 e. The molecule has 2 aromatic carbocycles. The number of benzene rings is 2. The number of rotatable bonds is 3. The van der Waals surface area contributed by atoms with Gasteiger partial charge in [0.1, 0.15) is 11.6 Å². The van der Waals surface area contributed by atoms with E-state index in [2.05, 4.69) is 21.2 Å². The molecule has 0 fully saturated rings. The van der Waals surface area contributed by atoms with Gasteiger partial charge >= 0.3 is 5.97 Å². The zero-order valence-electron chi connectivity index (χ0n) is 17.0. The highest BCUT2D eigenvalue weighted by molar-refractivity contribution is 9.10. The van der Waals surface area contributed by atoms with Crippen LogP contribution in [0.3, 0.4) is 0 Å². The van der Waals surface area contributed by atoms with E-state index >= 15 is 0 Å². The quantitative estimate of drug-likeness (QED) is 0.599. The van der Waals surface area contributed by atoms with E-state index in [1.54, 1.807) is 31.2 Å². The fourth-order valence-corrected chi connectivity index (χ4v) is 4.82. The number of nitrogens with one attached hydrogen (secondary N) is 1. The van der Waals surface area contributed by atoms with Gasteiger partial charge in [0.25, 0.3) is 0 Å². The third-order valence-electron chi connectivity index (χ3n) is 5.84. The number of esters is 1. The lowest BCUT2D eigenvalue weighted by molar-refractivity contribution is -0.136. The highest BCUT2D eigenvalue weighted by Crippen LogP contribution is 2.46. The molecular weight excluding hydrogens is 468 g/mol. The molecule has 31 heavy (non-hydrogen) atoms. The average Bonchev–Trinajstić information content (AvgIpc) is 2.74. The van der Waals surface area contributed by atoms with E-state index in [1.807, 2.05) is 0 Å². The van der Waals surface area contributed by atoms with Gasteiger partial charge in [0.15, 0.2) is 5.78 Å². The maximum Gasteiger partial charge on any atom is 0.336 e. The Morgan fingerprint density at radius 2 is 1.84 bits per heavy atom. The lowest BCUT2D eigenvalue weighted by Gasteiger charge is -2.36. The molecule has 160 valence electrons. The molecule has 0 saturated heterocycles. The van der Waals surface area contributed by atoms with E-state index < -0.39 is 17.7 Å². The first-order valence-corrected chi connectivity index (χ1v) is 10.6. The van der Waals surface area contributed by atoms with Crippen molar-refractivity contribution < 1.29 is 23.1 Å². The molecule has 0 radical (unpaired) electrons. The minimum Gasteiger partial charge on any atom is -0.466 e. The summed E-state index contributed by atoms with van der Waals surface area (Å²) in [6.45, 7) is 1.71. The number of carbonyl (C=O) groups is 2. The maximum atomic E-state index is 14.9. The number of allylic oxidation sites excluding steroid dienone is 3. The Morgan fingerprint density at radius 1 is 1.13 bits per heavy atom. The molecule has 2 aliphatic rings. The molecular formula is C24H20BrF2NO3. The minimum atomic E-state index is -0.872. The Balaban J connectivity index is 1.84. The van der Waals surface area contributed by atoms with Crippen molar-refractivity contribution >= 4 is 27.7 Å². The molecule has 1 aliphatic heterocycles. The summed E-state index contributed by atoms with van der Waals surface area (Å²) < 4.78 is 33.8. The molecule has 2 atom stereocenters. The first kappa shape index (κ1) is 21.4. The lowest BCUT2D eigenvalue weighted by atomic mass is 9.71. The monoisotopic (exact) mass is 487 g/mol. The standard InChI is InChI=1S/C24H20BrF2NO3/c1-12-21(24(30)31-2)22(17-11-15(25)5-8-18(17)27)23-19(28-12)9-14(10-20(23)29)13-3-6-16(26)7-4-13/h3-8,11,14,22,28H,9-10H2,1-2H3/t14-,22+/m1/s1. The third-order valence-corrected chi connectivity index (χ3v) is 6.34. The average molecular weight is 488 g/mol. The van der Waals surface area contributed by atoms with E-state index in [9.17, 15) is 18.4 Å². The zero-order chi connectivity index (χ0) is 22.3. The van der Waals surface area contributed by atoms with Gasteiger partial charge < -0.3 is 10.1 Å². The second kappa shape index (κ2) is 8.38. The Labute approximate surface area is 187 Å². The summed E-state index contributed by atoms with van der Waals surface area (Å²) in [6, 6.07) is 10.6. The number of ketones is 1. The summed E-state index contributed by atoms with van der Waals surface area (Å²) in [4.78, 5) is 26.0. The first-order chi connectivity index (χ1) is 14.8. The van der Waals surface area contributed by atoms with Crippen molar-refractivity contribution in [1.82, 2.24) is 5.32 Å². The lowest BCUT2D eigenvalue weighted by Crippen LogP contribution is -2.36. The second-order valence-electron chi connectivity index (χ2n) is 7.73. The summed E-state index contributed by atoms with van der Waals surface area (Å²) in [5.74, 6) is -2.66. The summed E-state index contributed by atoms with van der Waals surface area (Å²) in [5.41, 5.74) is 2.85. The number of halogens is 3. The summed E-state index contributed by atoms with van der Waals surface area (Å²) in [6.07, 6.45) is 0.677. The molecule has 1 aliphatic carbocycles. The number of hydrogen-bond donors (Lipinski definition) is 1. The van der Waals surface area contributed by atoms with Crippen molar-refractivity contribution in [3.05, 3.63) is 92.2 Å². The van der Waals surface area contributed by atoms with E-state index in [0.29, 0.717) is 27.9 Å². The number of dihydropyridines is 1. The van der Waals surface area contributed by atoms with Crippen LogP contribution < -0.4 is 5.32 Å². The van der Waals surface area contributed by atoms with Crippen molar-refractivity contribution in [3.63, 3.8) is 0 Å². The molecule has 1 heterocycles. The molecule has 0 spiro atoms. The van der Waals surface area contributed by atoms with Crippen LogP contribution >= 0.6 is 15.9 Å². The van der Waals surface area contributed by atoms with Gasteiger partial charge in [-0.3, -0.25) is 4.79 Å². The van der Waals surface area contributed by atoms with E-state index in [4.69, 9.17) is 4.74 Å². The molecule has 0 unspecified atom stereocenters. The van der Waals surface area contributed by atoms with Crippen LogP contribution in [-0.2, 0) is 14.3 Å². The number of ether oxygens (including phenoxy) is 1. The van der Waals surface area contributed by atoms with E-state index in [0.717, 1.165) is 5.56 Å². The van der Waals surface area contributed by atoms with Gasteiger partial charge in [-0.15, -0.1) is 0 Å². The zero-order valence-corrected chi connectivity index (χ0v) is 18.6. The highest BCUT2D eigenvalue weighted by Gasteiger charge is 2.42. The van der Waals surface area contributed by atoms with Crippen molar-refractivity contribution in [2.24, 2.45) is 0 Å². The van der Waals surface area contributed by atoms with Crippen LogP contribution in [0.4, 0.5) is 8.78 Å². The number of hydrogen-bond acceptors (Lipinski definition) is 4. The van der Waals surface area contributed by atoms with Crippen LogP contribution in [0.1, 0.15) is 42.7 Å². The summed E-state index contributed by atoms with van der Waals surface area (Å²) in [5, 5.41) is 3.19. The molecule has 0 amide bonds. The predicted molar refractivity (Wildman–Crippen MR) is 115 cm³/mol. The molecule has 0 saturated carbocycles. The molecule has 4 nitrogen and oxygen atoms in total. The van der Waals surface area contributed by atoms with Crippen LogP contribution in [0.15, 0.2) is 69.5 Å². The van der Waals surface area contributed by atoms with Crippen molar-refractivity contribution in [3.8, 4) is 0 Å². The Hall–Kier alpha value is -2.80. The highest BCUT2D eigenvalue weighted by atomic mass is 79.9. The molecule has 0 aromatic heterocycles. The van der Waals surface area contributed by atoms with Gasteiger partial charge in [-0.05, 0) is 55.2 Å². The SMILES string of the molecule is COC(=O)C1=C(C)NC2=C(C(=O)C[C@H](c3ccc(F)cc3)C2)[C@H]1c1cc(Br)ccc1F. The van der Waals surface area contributed by atoms with Gasteiger partial charge in [-0.2, -0.15) is 0 Å². The number of carbonyl (C=O) groups excluding carboxylic acids is 2. The fourth-order valence-electron chi connectivity index (χ4n) is 4.44. The van der Waals surface area contributed by atoms with Crippen molar-refractivity contribution in [2.75, 3.05) is 7.11 Å². The Kier molecular flexibility index (Phi) is 5.79. The van der Waals surface area contributed by atoms with Crippen molar-refractivity contribution in [2.45, 2.75) is 31.6 Å². The Morgan fingerprint density at radius 3 is 2.52 bits per heavy atom. The van der Waals surface area contributed by atoms with Crippen molar-refractivity contribution in [1.29, 1.82) is 0 Å². The number of methoxy groups -OCH3 is 1. The molecule has 1 N–H and O–H groups in total. The number of Topliss-reactive ketones (excluding diaryl/α,β-unsaturated/α-hetero) is 1. The summed E-state index contributed by atoms with van der Waals surface area (Å²) in [7, 11) is 1.26. The van der Waals surface area contributed by atoms with Gasteiger partial charge in [0.2, 0.25) is 0 Å². The van der Waals surface area contributed by atoms with Crippen LogP contribution in [0.5, 0.6) is 0 Å². The maximum absolute atomic E-state index is 14.9. The van der Waals surface area contributed by atoms with Crippen LogP contribution in [0.2, 0.25) is 0 Å². The molecule has 2 aromatic rings. The van der Waals surface area contributed by atoms with Crippen LogP contribution in [0.25, 0.3) is 0 Å². The normalized spacial score (nSPS) is 21.0. The predicted octanol–water partition coefficient (Wildman–Crippen LogP) is 5.26. The van der Waals surface area contributed by atoms with Gasteiger partial charge in [-0.25, -0.2) is 13.6 Å². The Bertz CT molecular complexity index is 1140. The molecule has 7 heteroatoms. The van der Waals surface area contributed by atoms with E-state index in [-0.39, 0.29) is 35.1 Å². The van der Waals surface area contributed by atoms with Gasteiger partial charge in [0.05, 0.1) is 18.6 Å². The molecule has 0 bridgehead atoms. The summed E-state index contributed by atoms with van der Waals surface area (Å²) >= 11 is 3.36. The second-order valence-corrected chi connectivity index (χ2v) is 8.64. The van der Waals surface area contributed by atoms with Gasteiger partial charge in [-0.1, -0.05) is 28.1 Å². The topological polar surface area (TPSA) is 55.4 Å². The van der Waals surface area contributed by atoms with Crippen LogP contribution in [-0.4, -0.2) is 18.9 Å². The first-order valence-electron chi connectivity index (χ1n) is 9.83. The van der Waals surface area contributed by atoms with E-state index in [1.165, 1.54) is 25.3 Å². The van der Waals surface area contributed by atoms with Crippen LogP contribution in [0, 0.1) is 11.6 Å². The molecule has 4 rings (SSSR count). The minimum absolute atomic E-state index is 0.139.